The molecule has 1 aliphatic rings. The summed E-state index contributed by atoms with van der Waals surface area (Å²) in [5.41, 5.74) is 6.35. The van der Waals surface area contributed by atoms with Crippen LogP contribution in [-0.4, -0.2) is 5.54 Å². The predicted molar refractivity (Wildman–Crippen MR) is 58.8 cm³/mol. The highest BCUT2D eigenvalue weighted by Gasteiger charge is 2.17. The summed E-state index contributed by atoms with van der Waals surface area (Å²) >= 11 is 0. The zero-order valence-electron chi connectivity index (χ0n) is 9.15. The fourth-order valence-electron chi connectivity index (χ4n) is 2.24. The van der Waals surface area contributed by atoms with Gasteiger partial charge >= 0.3 is 0 Å². The minimum Gasteiger partial charge on any atom is -0.325 e. The largest absolute Gasteiger partial charge is 0.325 e. The lowest BCUT2D eigenvalue weighted by atomic mass is 9.90. The topological polar surface area (TPSA) is 26.0 Å². The van der Waals surface area contributed by atoms with Gasteiger partial charge in [-0.1, -0.05) is 51.4 Å². The van der Waals surface area contributed by atoms with Crippen molar-refractivity contribution in [2.24, 2.45) is 5.73 Å². The van der Waals surface area contributed by atoms with E-state index in [1.54, 1.807) is 0 Å². The average Bonchev–Trinajstić information content (AvgIpc) is 2.10. The van der Waals surface area contributed by atoms with Gasteiger partial charge in [0.05, 0.1) is 0 Å². The molecule has 0 aromatic rings. The van der Waals surface area contributed by atoms with E-state index in [9.17, 15) is 0 Å². The van der Waals surface area contributed by atoms with Crippen LogP contribution in [0, 0.1) is 0 Å². The lowest BCUT2D eigenvalue weighted by Crippen LogP contribution is -2.35. The first-order valence-corrected chi connectivity index (χ1v) is 6.00. The van der Waals surface area contributed by atoms with Crippen molar-refractivity contribution in [2.45, 2.75) is 76.7 Å². The van der Waals surface area contributed by atoms with E-state index in [0.717, 1.165) is 0 Å². The molecule has 0 radical (unpaired) electrons. The Morgan fingerprint density at radius 1 is 0.692 bits per heavy atom. The van der Waals surface area contributed by atoms with Crippen molar-refractivity contribution in [3.05, 3.63) is 0 Å². The van der Waals surface area contributed by atoms with E-state index in [1.807, 2.05) is 0 Å². The summed E-state index contributed by atoms with van der Waals surface area (Å²) in [5.74, 6) is 0. The van der Waals surface area contributed by atoms with Crippen molar-refractivity contribution in [1.29, 1.82) is 0 Å². The summed E-state index contributed by atoms with van der Waals surface area (Å²) in [6, 6.07) is 0. The molecular formula is C12H25N. The van der Waals surface area contributed by atoms with Crippen LogP contribution in [0.2, 0.25) is 0 Å². The first kappa shape index (κ1) is 11.0. The quantitative estimate of drug-likeness (QED) is 0.610. The monoisotopic (exact) mass is 183 g/mol. The normalized spacial score (nSPS) is 26.3. The maximum atomic E-state index is 6.22. The molecule has 1 aliphatic carbocycles. The third kappa shape index (κ3) is 5.30. The van der Waals surface area contributed by atoms with Crippen LogP contribution in [-0.2, 0) is 0 Å². The molecule has 0 aromatic heterocycles. The van der Waals surface area contributed by atoms with Crippen LogP contribution in [0.15, 0.2) is 0 Å². The van der Waals surface area contributed by atoms with Crippen molar-refractivity contribution in [3.63, 3.8) is 0 Å². The molecule has 1 heteroatoms. The van der Waals surface area contributed by atoms with Crippen molar-refractivity contribution >= 4 is 0 Å². The van der Waals surface area contributed by atoms with Gasteiger partial charge < -0.3 is 5.73 Å². The van der Waals surface area contributed by atoms with E-state index in [-0.39, 0.29) is 5.54 Å². The zero-order valence-corrected chi connectivity index (χ0v) is 9.15. The van der Waals surface area contributed by atoms with Gasteiger partial charge in [0.15, 0.2) is 0 Å². The molecule has 0 atom stereocenters. The molecule has 0 aliphatic heterocycles. The summed E-state index contributed by atoms with van der Waals surface area (Å²) in [4.78, 5) is 0. The highest BCUT2D eigenvalue weighted by molar-refractivity contribution is 4.78. The molecule has 0 unspecified atom stereocenters. The maximum absolute atomic E-state index is 6.22. The number of hydrogen-bond acceptors (Lipinski definition) is 1. The smallest absolute Gasteiger partial charge is 0.0125 e. The molecule has 1 nitrogen and oxygen atoms in total. The van der Waals surface area contributed by atoms with Crippen molar-refractivity contribution < 1.29 is 0 Å². The molecule has 0 aromatic carbocycles. The highest BCUT2D eigenvalue weighted by atomic mass is 14.7. The second-order valence-electron chi connectivity index (χ2n) is 4.98. The molecule has 0 bridgehead atoms. The Labute approximate surface area is 83.1 Å². The summed E-state index contributed by atoms with van der Waals surface area (Å²) in [5, 5.41) is 0. The third-order valence-electron chi connectivity index (χ3n) is 3.25. The van der Waals surface area contributed by atoms with Crippen molar-refractivity contribution in [2.75, 3.05) is 0 Å². The Morgan fingerprint density at radius 2 is 1.00 bits per heavy atom. The summed E-state index contributed by atoms with van der Waals surface area (Å²) < 4.78 is 0. The number of hydrogen-bond donors (Lipinski definition) is 1. The van der Waals surface area contributed by atoms with Gasteiger partial charge in [0, 0.05) is 5.54 Å². The molecule has 0 saturated heterocycles. The number of nitrogens with two attached hydrogens (primary N) is 1. The summed E-state index contributed by atoms with van der Waals surface area (Å²) in [6.45, 7) is 2.23. The van der Waals surface area contributed by atoms with E-state index in [0.29, 0.717) is 0 Å². The molecule has 2 N–H and O–H groups in total. The second-order valence-corrected chi connectivity index (χ2v) is 4.98. The van der Waals surface area contributed by atoms with Gasteiger partial charge in [-0.2, -0.15) is 0 Å². The second kappa shape index (κ2) is 5.64. The van der Waals surface area contributed by atoms with Crippen LogP contribution < -0.4 is 5.73 Å². The standard InChI is InChI=1S/C12H25N/c1-12(13)10-8-6-4-2-3-5-7-9-11-12/h2-11,13H2,1H3. The van der Waals surface area contributed by atoms with E-state index < -0.39 is 0 Å². The summed E-state index contributed by atoms with van der Waals surface area (Å²) in [7, 11) is 0. The van der Waals surface area contributed by atoms with Gasteiger partial charge in [0.25, 0.3) is 0 Å². The van der Waals surface area contributed by atoms with Crippen LogP contribution in [0.4, 0.5) is 0 Å². The molecule has 1 saturated carbocycles. The average molecular weight is 183 g/mol. The van der Waals surface area contributed by atoms with E-state index in [4.69, 9.17) is 5.73 Å². The van der Waals surface area contributed by atoms with Gasteiger partial charge in [-0.15, -0.1) is 0 Å². The molecular weight excluding hydrogens is 158 g/mol. The Kier molecular flexibility index (Phi) is 4.79. The van der Waals surface area contributed by atoms with E-state index >= 15 is 0 Å². The minimum atomic E-state index is 0.129. The van der Waals surface area contributed by atoms with Crippen LogP contribution in [0.1, 0.15) is 71.1 Å². The Balaban J connectivity index is 2.27. The SMILES string of the molecule is CC1(N)CCCCCCCCCC1. The highest BCUT2D eigenvalue weighted by Crippen LogP contribution is 2.22. The first-order valence-electron chi connectivity index (χ1n) is 6.00. The van der Waals surface area contributed by atoms with Gasteiger partial charge in [-0.05, 0) is 19.8 Å². The third-order valence-corrected chi connectivity index (χ3v) is 3.25. The van der Waals surface area contributed by atoms with E-state index in [2.05, 4.69) is 6.92 Å². The predicted octanol–water partition coefficient (Wildman–Crippen LogP) is 3.62. The Morgan fingerprint density at radius 3 is 1.38 bits per heavy atom. The molecule has 13 heavy (non-hydrogen) atoms. The summed E-state index contributed by atoms with van der Waals surface area (Å²) in [6.07, 6.45) is 13.7. The Bertz CT molecular complexity index is 115. The fraction of sp³-hybridized carbons (Fsp3) is 1.00. The van der Waals surface area contributed by atoms with E-state index in [1.165, 1.54) is 64.2 Å². The molecule has 0 heterocycles. The molecule has 78 valence electrons. The molecule has 1 rings (SSSR count). The van der Waals surface area contributed by atoms with Gasteiger partial charge in [-0.25, -0.2) is 0 Å². The first-order chi connectivity index (χ1) is 6.21. The lowest BCUT2D eigenvalue weighted by Gasteiger charge is -2.24. The van der Waals surface area contributed by atoms with Crippen LogP contribution >= 0.6 is 0 Å². The molecule has 0 spiro atoms. The minimum absolute atomic E-state index is 0.129. The van der Waals surface area contributed by atoms with Crippen molar-refractivity contribution in [1.82, 2.24) is 0 Å². The lowest BCUT2D eigenvalue weighted by molar-refractivity contribution is 0.371. The van der Waals surface area contributed by atoms with Crippen LogP contribution in [0.3, 0.4) is 0 Å². The van der Waals surface area contributed by atoms with Crippen molar-refractivity contribution in [3.8, 4) is 0 Å². The van der Waals surface area contributed by atoms with Crippen LogP contribution in [0.25, 0.3) is 0 Å². The molecule has 1 fully saturated rings. The number of rotatable bonds is 0. The van der Waals surface area contributed by atoms with Gasteiger partial charge in [0.2, 0.25) is 0 Å². The van der Waals surface area contributed by atoms with Gasteiger partial charge in [-0.3, -0.25) is 0 Å². The Hall–Kier alpha value is -0.0400. The van der Waals surface area contributed by atoms with Gasteiger partial charge in [0.1, 0.15) is 0 Å². The molecule has 0 amide bonds. The maximum Gasteiger partial charge on any atom is 0.0125 e. The van der Waals surface area contributed by atoms with Crippen LogP contribution in [0.5, 0.6) is 0 Å². The zero-order chi connectivity index (χ0) is 9.57. The fourth-order valence-corrected chi connectivity index (χ4v) is 2.24.